The predicted octanol–water partition coefficient (Wildman–Crippen LogP) is 2.61. The molecule has 1 heterocycles. The molecule has 1 saturated carbocycles. The normalized spacial score (nSPS) is 26.2. The van der Waals surface area contributed by atoms with Gasteiger partial charge in [0.1, 0.15) is 0 Å². The zero-order valence-corrected chi connectivity index (χ0v) is 13.8. The van der Waals surface area contributed by atoms with Gasteiger partial charge in [0.05, 0.1) is 11.1 Å². The number of Topliss-reactive ketones (excluding diaryl/α,β-unsaturated/α-hetero) is 2. The van der Waals surface area contributed by atoms with Crippen LogP contribution in [0.5, 0.6) is 0 Å². The SMILES string of the molecule is CC1(CNC=C2C(=O)CC(c3ccccc3)CC2=O)C=CC=CN1. The molecule has 0 spiro atoms. The lowest BCUT2D eigenvalue weighted by Gasteiger charge is -2.29. The van der Waals surface area contributed by atoms with E-state index in [0.29, 0.717) is 25.0 Å². The summed E-state index contributed by atoms with van der Waals surface area (Å²) in [6.45, 7) is 2.65. The summed E-state index contributed by atoms with van der Waals surface area (Å²) in [6.07, 6.45) is 10.2. The van der Waals surface area contributed by atoms with Gasteiger partial charge in [-0.2, -0.15) is 0 Å². The van der Waals surface area contributed by atoms with Gasteiger partial charge in [0.15, 0.2) is 11.6 Å². The van der Waals surface area contributed by atoms with Crippen molar-refractivity contribution in [1.29, 1.82) is 0 Å². The summed E-state index contributed by atoms with van der Waals surface area (Å²) in [7, 11) is 0. The topological polar surface area (TPSA) is 58.2 Å². The Kier molecular flexibility index (Phi) is 4.65. The lowest BCUT2D eigenvalue weighted by atomic mass is 9.80. The van der Waals surface area contributed by atoms with E-state index in [9.17, 15) is 9.59 Å². The summed E-state index contributed by atoms with van der Waals surface area (Å²) >= 11 is 0. The average molecular weight is 322 g/mol. The second-order valence-electron chi connectivity index (χ2n) is 6.58. The zero-order valence-electron chi connectivity index (χ0n) is 13.8. The second-order valence-corrected chi connectivity index (χ2v) is 6.58. The highest BCUT2D eigenvalue weighted by molar-refractivity contribution is 6.22. The molecule has 1 aliphatic carbocycles. The standard InChI is InChI=1S/C20H22N2O2/c1-20(9-5-6-10-22-20)14-21-13-17-18(23)11-16(12-19(17)24)15-7-3-2-4-8-15/h2-10,13,16,21-22H,11-12,14H2,1H3. The van der Waals surface area contributed by atoms with Crippen LogP contribution in [-0.4, -0.2) is 23.7 Å². The van der Waals surface area contributed by atoms with Gasteiger partial charge in [0.25, 0.3) is 0 Å². The Morgan fingerprint density at radius 1 is 1.17 bits per heavy atom. The number of ketones is 2. The fraction of sp³-hybridized carbons (Fsp3) is 0.300. The van der Waals surface area contributed by atoms with Crippen molar-refractivity contribution in [2.24, 2.45) is 0 Å². The molecule has 1 aromatic rings. The van der Waals surface area contributed by atoms with Gasteiger partial charge in [-0.3, -0.25) is 9.59 Å². The van der Waals surface area contributed by atoms with Gasteiger partial charge in [-0.05, 0) is 30.7 Å². The molecule has 1 atom stereocenters. The van der Waals surface area contributed by atoms with Crippen LogP contribution in [0, 0.1) is 0 Å². The molecule has 1 aliphatic heterocycles. The average Bonchev–Trinajstić information content (AvgIpc) is 2.58. The van der Waals surface area contributed by atoms with E-state index in [1.807, 2.05) is 48.7 Å². The molecule has 0 bridgehead atoms. The van der Waals surface area contributed by atoms with Gasteiger partial charge < -0.3 is 10.6 Å². The van der Waals surface area contributed by atoms with Crippen LogP contribution in [-0.2, 0) is 9.59 Å². The number of dihydropyridines is 1. The Morgan fingerprint density at radius 2 is 1.88 bits per heavy atom. The predicted molar refractivity (Wildman–Crippen MR) is 94.3 cm³/mol. The Morgan fingerprint density at radius 3 is 2.50 bits per heavy atom. The molecule has 0 radical (unpaired) electrons. The van der Waals surface area contributed by atoms with Crippen molar-refractivity contribution in [3.63, 3.8) is 0 Å². The maximum Gasteiger partial charge on any atom is 0.168 e. The molecule has 4 heteroatoms. The van der Waals surface area contributed by atoms with Crippen LogP contribution in [0.15, 0.2) is 66.5 Å². The van der Waals surface area contributed by atoms with Gasteiger partial charge in [0, 0.05) is 25.6 Å². The second kappa shape index (κ2) is 6.87. The van der Waals surface area contributed by atoms with Crippen LogP contribution in [0.25, 0.3) is 0 Å². The third-order valence-electron chi connectivity index (χ3n) is 4.54. The van der Waals surface area contributed by atoms with E-state index in [1.165, 1.54) is 0 Å². The maximum absolute atomic E-state index is 12.4. The number of rotatable bonds is 4. The number of hydrogen-bond donors (Lipinski definition) is 2. The number of benzene rings is 1. The molecule has 1 fully saturated rings. The first-order chi connectivity index (χ1) is 11.6. The first kappa shape index (κ1) is 16.2. The molecule has 0 amide bonds. The van der Waals surface area contributed by atoms with Crippen molar-refractivity contribution in [1.82, 2.24) is 10.6 Å². The molecule has 2 aliphatic rings. The molecule has 24 heavy (non-hydrogen) atoms. The molecule has 4 nitrogen and oxygen atoms in total. The number of nitrogens with one attached hydrogen (secondary N) is 2. The summed E-state index contributed by atoms with van der Waals surface area (Å²) in [6, 6.07) is 9.78. The van der Waals surface area contributed by atoms with Gasteiger partial charge in [-0.1, -0.05) is 42.5 Å². The molecule has 0 saturated heterocycles. The summed E-state index contributed by atoms with van der Waals surface area (Å²) in [4.78, 5) is 24.8. The molecular formula is C20H22N2O2. The van der Waals surface area contributed by atoms with Crippen molar-refractivity contribution in [3.8, 4) is 0 Å². The largest absolute Gasteiger partial charge is 0.388 e. The highest BCUT2D eigenvalue weighted by Crippen LogP contribution is 2.31. The Bertz CT molecular complexity index is 698. The van der Waals surface area contributed by atoms with Crippen LogP contribution in [0.1, 0.15) is 31.2 Å². The summed E-state index contributed by atoms with van der Waals surface area (Å²) in [5, 5.41) is 6.38. The highest BCUT2D eigenvalue weighted by atomic mass is 16.1. The van der Waals surface area contributed by atoms with Crippen molar-refractivity contribution in [3.05, 3.63) is 72.1 Å². The van der Waals surface area contributed by atoms with E-state index < -0.39 is 0 Å². The van der Waals surface area contributed by atoms with Crippen LogP contribution >= 0.6 is 0 Å². The molecule has 2 N–H and O–H groups in total. The minimum Gasteiger partial charge on any atom is -0.388 e. The van der Waals surface area contributed by atoms with E-state index in [1.54, 1.807) is 6.20 Å². The number of hydrogen-bond acceptors (Lipinski definition) is 4. The third kappa shape index (κ3) is 3.65. The Labute approximate surface area is 142 Å². The lowest BCUT2D eigenvalue weighted by molar-refractivity contribution is -0.124. The monoisotopic (exact) mass is 322 g/mol. The van der Waals surface area contributed by atoms with Crippen molar-refractivity contribution in [2.45, 2.75) is 31.2 Å². The smallest absolute Gasteiger partial charge is 0.168 e. The van der Waals surface area contributed by atoms with Gasteiger partial charge in [0.2, 0.25) is 0 Å². The van der Waals surface area contributed by atoms with Crippen LogP contribution in [0.4, 0.5) is 0 Å². The maximum atomic E-state index is 12.4. The van der Waals surface area contributed by atoms with E-state index >= 15 is 0 Å². The van der Waals surface area contributed by atoms with E-state index in [-0.39, 0.29) is 23.0 Å². The van der Waals surface area contributed by atoms with Crippen molar-refractivity contribution >= 4 is 11.6 Å². The quantitative estimate of drug-likeness (QED) is 0.661. The van der Waals surface area contributed by atoms with Crippen molar-refractivity contribution < 1.29 is 9.59 Å². The highest BCUT2D eigenvalue weighted by Gasteiger charge is 2.31. The number of allylic oxidation sites excluding steroid dienone is 3. The first-order valence-corrected chi connectivity index (χ1v) is 8.24. The Hall–Kier alpha value is -2.62. The zero-order chi connectivity index (χ0) is 17.0. The van der Waals surface area contributed by atoms with Crippen LogP contribution in [0.2, 0.25) is 0 Å². The van der Waals surface area contributed by atoms with E-state index in [0.717, 1.165) is 5.56 Å². The van der Waals surface area contributed by atoms with E-state index in [2.05, 4.69) is 23.6 Å². The third-order valence-corrected chi connectivity index (χ3v) is 4.54. The van der Waals surface area contributed by atoms with Gasteiger partial charge >= 0.3 is 0 Å². The fourth-order valence-corrected chi connectivity index (χ4v) is 3.10. The van der Waals surface area contributed by atoms with Gasteiger partial charge in [-0.15, -0.1) is 0 Å². The molecule has 124 valence electrons. The van der Waals surface area contributed by atoms with Crippen LogP contribution in [0.3, 0.4) is 0 Å². The minimum atomic E-state index is -0.223. The van der Waals surface area contributed by atoms with Gasteiger partial charge in [-0.25, -0.2) is 0 Å². The summed E-state index contributed by atoms with van der Waals surface area (Å²) in [5.74, 6) is -0.163. The van der Waals surface area contributed by atoms with E-state index in [4.69, 9.17) is 0 Å². The number of carbonyl (C=O) groups is 2. The van der Waals surface area contributed by atoms with Crippen molar-refractivity contribution in [2.75, 3.05) is 6.54 Å². The molecule has 0 aromatic heterocycles. The summed E-state index contributed by atoms with van der Waals surface area (Å²) < 4.78 is 0. The minimum absolute atomic E-state index is 0.00560. The van der Waals surface area contributed by atoms with Crippen LogP contribution < -0.4 is 10.6 Å². The lowest BCUT2D eigenvalue weighted by Crippen LogP contribution is -2.46. The first-order valence-electron chi connectivity index (χ1n) is 8.24. The fourth-order valence-electron chi connectivity index (χ4n) is 3.10. The summed E-state index contributed by atoms with van der Waals surface area (Å²) in [5.41, 5.74) is 1.13. The number of carbonyl (C=O) groups excluding carboxylic acids is 2. The molecule has 3 rings (SSSR count). The molecular weight excluding hydrogens is 300 g/mol. The molecule has 1 aromatic carbocycles. The Balaban J connectivity index is 1.63. The molecule has 1 unspecified atom stereocenters.